The van der Waals surface area contributed by atoms with Crippen LogP contribution in [0.25, 0.3) is 0 Å². The minimum atomic E-state index is 0.288. The zero-order chi connectivity index (χ0) is 5.70. The first-order valence-corrected chi connectivity index (χ1v) is 1.90. The van der Waals surface area contributed by atoms with Gasteiger partial charge >= 0.3 is 0 Å². The molecule has 0 aliphatic carbocycles. The molecule has 0 spiro atoms. The first-order valence-electron chi connectivity index (χ1n) is 1.90. The molecule has 0 aromatic rings. The molecule has 0 heterocycles. The molecule has 0 aromatic carbocycles. The van der Waals surface area contributed by atoms with Gasteiger partial charge < -0.3 is 4.74 Å². The summed E-state index contributed by atoms with van der Waals surface area (Å²) in [5.41, 5.74) is 0. The molecular formula is C5H7NO. The Bertz CT molecular complexity index is 101. The Labute approximate surface area is 43.0 Å². The van der Waals surface area contributed by atoms with E-state index in [0.29, 0.717) is 5.76 Å². The fourth-order valence-corrected chi connectivity index (χ4v) is 0.160. The third-order valence-electron chi connectivity index (χ3n) is 0.565. The predicted octanol–water partition coefficient (Wildman–Crippen LogP) is 1.06. The standard InChI is InChI=1S/C5H7NO/c1-5(7-2)3-4-6/h1,3H2,2H3. The lowest BCUT2D eigenvalue weighted by atomic mass is 10.4. The summed E-state index contributed by atoms with van der Waals surface area (Å²) in [7, 11) is 1.50. The van der Waals surface area contributed by atoms with Gasteiger partial charge in [0.1, 0.15) is 5.76 Å². The summed E-state index contributed by atoms with van der Waals surface area (Å²) in [6.07, 6.45) is 0.288. The number of allylic oxidation sites excluding steroid dienone is 1. The van der Waals surface area contributed by atoms with Crippen LogP contribution >= 0.6 is 0 Å². The fraction of sp³-hybridized carbons (Fsp3) is 0.400. The highest BCUT2D eigenvalue weighted by Crippen LogP contribution is 1.93. The monoisotopic (exact) mass is 97.1 g/mol. The van der Waals surface area contributed by atoms with Gasteiger partial charge in [-0.05, 0) is 0 Å². The second-order valence-electron chi connectivity index (χ2n) is 1.08. The van der Waals surface area contributed by atoms with E-state index in [-0.39, 0.29) is 6.42 Å². The Morgan fingerprint density at radius 1 is 2.00 bits per heavy atom. The van der Waals surface area contributed by atoms with Gasteiger partial charge in [0, 0.05) is 0 Å². The van der Waals surface area contributed by atoms with Gasteiger partial charge in [-0.1, -0.05) is 6.58 Å². The molecule has 0 aliphatic heterocycles. The van der Waals surface area contributed by atoms with E-state index in [1.807, 2.05) is 6.07 Å². The molecule has 38 valence electrons. The van der Waals surface area contributed by atoms with Crippen molar-refractivity contribution < 1.29 is 4.74 Å². The summed E-state index contributed by atoms with van der Waals surface area (Å²) < 4.78 is 4.57. The molecule has 0 saturated heterocycles. The molecule has 0 radical (unpaired) electrons. The largest absolute Gasteiger partial charge is 0.501 e. The second kappa shape index (κ2) is 3.23. The number of hydrogen-bond acceptors (Lipinski definition) is 2. The third-order valence-corrected chi connectivity index (χ3v) is 0.565. The fourth-order valence-electron chi connectivity index (χ4n) is 0.160. The zero-order valence-electron chi connectivity index (χ0n) is 4.27. The van der Waals surface area contributed by atoms with Gasteiger partial charge in [-0.15, -0.1) is 0 Å². The number of hydrogen-bond donors (Lipinski definition) is 0. The quantitative estimate of drug-likeness (QED) is 0.482. The van der Waals surface area contributed by atoms with E-state index in [2.05, 4.69) is 11.3 Å². The van der Waals surface area contributed by atoms with Crippen LogP contribution in [-0.2, 0) is 4.74 Å². The van der Waals surface area contributed by atoms with Gasteiger partial charge in [-0.25, -0.2) is 0 Å². The first kappa shape index (κ1) is 6.03. The summed E-state index contributed by atoms with van der Waals surface area (Å²) >= 11 is 0. The number of nitriles is 1. The molecule has 0 aliphatic rings. The van der Waals surface area contributed by atoms with Crippen LogP contribution in [0.1, 0.15) is 6.42 Å². The Balaban J connectivity index is 3.23. The lowest BCUT2D eigenvalue weighted by Gasteiger charge is -1.93. The van der Waals surface area contributed by atoms with E-state index in [0.717, 1.165) is 0 Å². The number of ether oxygens (including phenoxy) is 1. The normalized spacial score (nSPS) is 6.86. The summed E-state index contributed by atoms with van der Waals surface area (Å²) in [6, 6.07) is 1.89. The van der Waals surface area contributed by atoms with Crippen molar-refractivity contribution >= 4 is 0 Å². The smallest absolute Gasteiger partial charge is 0.102 e. The SMILES string of the molecule is C=C(CC#N)OC. The summed E-state index contributed by atoms with van der Waals surface area (Å²) in [5.74, 6) is 0.516. The van der Waals surface area contributed by atoms with Crippen LogP contribution in [0.2, 0.25) is 0 Å². The first-order chi connectivity index (χ1) is 3.31. The van der Waals surface area contributed by atoms with E-state index in [1.165, 1.54) is 7.11 Å². The average molecular weight is 97.1 g/mol. The molecule has 0 fully saturated rings. The van der Waals surface area contributed by atoms with E-state index in [1.54, 1.807) is 0 Å². The van der Waals surface area contributed by atoms with Gasteiger partial charge in [0.05, 0.1) is 19.6 Å². The van der Waals surface area contributed by atoms with E-state index in [9.17, 15) is 0 Å². The Hall–Kier alpha value is -0.970. The van der Waals surface area contributed by atoms with Gasteiger partial charge in [0.15, 0.2) is 0 Å². The molecule has 0 aromatic heterocycles. The van der Waals surface area contributed by atoms with Crippen LogP contribution in [0.4, 0.5) is 0 Å². The maximum absolute atomic E-state index is 7.98. The molecule has 2 heteroatoms. The van der Waals surface area contributed by atoms with Crippen molar-refractivity contribution in [3.63, 3.8) is 0 Å². The summed E-state index contributed by atoms with van der Waals surface area (Å²) in [4.78, 5) is 0. The highest BCUT2D eigenvalue weighted by Gasteiger charge is 1.83. The van der Waals surface area contributed by atoms with Crippen molar-refractivity contribution in [2.45, 2.75) is 6.42 Å². The van der Waals surface area contributed by atoms with Crippen LogP contribution < -0.4 is 0 Å². The van der Waals surface area contributed by atoms with Crippen molar-refractivity contribution in [2.75, 3.05) is 7.11 Å². The molecule has 0 rings (SSSR count). The van der Waals surface area contributed by atoms with Crippen LogP contribution in [-0.4, -0.2) is 7.11 Å². The van der Waals surface area contributed by atoms with Crippen LogP contribution in [0.15, 0.2) is 12.3 Å². The molecule has 0 atom stereocenters. The Kier molecular flexibility index (Phi) is 2.78. The Morgan fingerprint density at radius 2 is 2.57 bits per heavy atom. The van der Waals surface area contributed by atoms with Crippen LogP contribution in [0.3, 0.4) is 0 Å². The minimum Gasteiger partial charge on any atom is -0.501 e. The maximum atomic E-state index is 7.98. The molecule has 7 heavy (non-hydrogen) atoms. The highest BCUT2D eigenvalue weighted by atomic mass is 16.5. The highest BCUT2D eigenvalue weighted by molar-refractivity contribution is 4.92. The summed E-state index contributed by atoms with van der Waals surface area (Å²) in [6.45, 7) is 3.42. The molecular weight excluding hydrogens is 90.1 g/mol. The molecule has 0 amide bonds. The van der Waals surface area contributed by atoms with Crippen molar-refractivity contribution in [3.05, 3.63) is 12.3 Å². The number of nitrogens with zero attached hydrogens (tertiary/aromatic N) is 1. The molecule has 0 unspecified atom stereocenters. The second-order valence-corrected chi connectivity index (χ2v) is 1.08. The van der Waals surface area contributed by atoms with Crippen molar-refractivity contribution in [3.8, 4) is 6.07 Å². The molecule has 2 nitrogen and oxygen atoms in total. The zero-order valence-corrected chi connectivity index (χ0v) is 4.27. The number of methoxy groups -OCH3 is 1. The Morgan fingerprint density at radius 3 is 2.71 bits per heavy atom. The summed E-state index contributed by atoms with van der Waals surface area (Å²) in [5, 5.41) is 7.98. The molecule has 0 saturated carbocycles. The lowest BCUT2D eigenvalue weighted by molar-refractivity contribution is 0.288. The van der Waals surface area contributed by atoms with Crippen molar-refractivity contribution in [2.24, 2.45) is 0 Å². The lowest BCUT2D eigenvalue weighted by Crippen LogP contribution is -1.79. The van der Waals surface area contributed by atoms with Gasteiger partial charge in [0.25, 0.3) is 0 Å². The predicted molar refractivity (Wildman–Crippen MR) is 26.4 cm³/mol. The van der Waals surface area contributed by atoms with E-state index >= 15 is 0 Å². The van der Waals surface area contributed by atoms with E-state index < -0.39 is 0 Å². The average Bonchev–Trinajstić information content (AvgIpc) is 1.68. The topological polar surface area (TPSA) is 33.0 Å². The van der Waals surface area contributed by atoms with Crippen LogP contribution in [0.5, 0.6) is 0 Å². The maximum Gasteiger partial charge on any atom is 0.102 e. The van der Waals surface area contributed by atoms with Crippen LogP contribution in [0, 0.1) is 11.3 Å². The third kappa shape index (κ3) is 2.84. The van der Waals surface area contributed by atoms with E-state index in [4.69, 9.17) is 5.26 Å². The van der Waals surface area contributed by atoms with Gasteiger partial charge in [-0.3, -0.25) is 0 Å². The molecule has 0 bridgehead atoms. The van der Waals surface area contributed by atoms with Gasteiger partial charge in [-0.2, -0.15) is 5.26 Å². The van der Waals surface area contributed by atoms with Crippen molar-refractivity contribution in [1.82, 2.24) is 0 Å². The minimum absolute atomic E-state index is 0.288. The molecule has 0 N–H and O–H groups in total. The van der Waals surface area contributed by atoms with Crippen molar-refractivity contribution in [1.29, 1.82) is 5.26 Å². The number of rotatable bonds is 2. The van der Waals surface area contributed by atoms with Gasteiger partial charge in [0.2, 0.25) is 0 Å².